The number of amides is 1. The summed E-state index contributed by atoms with van der Waals surface area (Å²) in [6, 6.07) is 19.5. The van der Waals surface area contributed by atoms with Crippen LogP contribution in [0.3, 0.4) is 0 Å². The van der Waals surface area contributed by atoms with Crippen molar-refractivity contribution < 1.29 is 9.53 Å². The van der Waals surface area contributed by atoms with E-state index < -0.39 is 0 Å². The van der Waals surface area contributed by atoms with Gasteiger partial charge in [0.1, 0.15) is 10.7 Å². The van der Waals surface area contributed by atoms with E-state index in [0.717, 1.165) is 29.3 Å². The standard InChI is InChI=1S/C19H15N3O2S/c20-13-21-19-22-18(23)17(25-19)16(15-9-5-2-6-10-15)24-12-11-14-7-3-1-4-8-14/h1-10H,11-12H2,(H,21,22,23). The summed E-state index contributed by atoms with van der Waals surface area (Å²) in [4.78, 5) is 16.2. The molecule has 0 bridgehead atoms. The zero-order valence-corrected chi connectivity index (χ0v) is 14.1. The third kappa shape index (κ3) is 4.28. The third-order valence-electron chi connectivity index (χ3n) is 3.50. The minimum atomic E-state index is -0.308. The van der Waals surface area contributed by atoms with Crippen LogP contribution in [0.1, 0.15) is 11.1 Å². The Balaban J connectivity index is 1.84. The molecule has 1 aliphatic rings. The van der Waals surface area contributed by atoms with E-state index >= 15 is 0 Å². The second-order valence-electron chi connectivity index (χ2n) is 5.18. The number of thioether (sulfide) groups is 1. The van der Waals surface area contributed by atoms with Gasteiger partial charge in [-0.15, -0.1) is 4.99 Å². The fourth-order valence-corrected chi connectivity index (χ4v) is 3.19. The number of aliphatic imine (C=N–C) groups is 1. The maximum Gasteiger partial charge on any atom is 0.267 e. The predicted molar refractivity (Wildman–Crippen MR) is 98.2 cm³/mol. The van der Waals surface area contributed by atoms with E-state index in [-0.39, 0.29) is 11.1 Å². The fraction of sp³-hybridized carbons (Fsp3) is 0.105. The van der Waals surface area contributed by atoms with E-state index in [9.17, 15) is 4.79 Å². The molecule has 6 heteroatoms. The molecule has 0 radical (unpaired) electrons. The molecule has 0 atom stereocenters. The molecule has 1 fully saturated rings. The molecule has 0 aromatic heterocycles. The normalized spacial score (nSPS) is 17.1. The minimum absolute atomic E-state index is 0.266. The quantitative estimate of drug-likeness (QED) is 0.510. The van der Waals surface area contributed by atoms with Crippen LogP contribution in [0.25, 0.3) is 5.76 Å². The summed E-state index contributed by atoms with van der Waals surface area (Å²) in [6.07, 6.45) is 2.42. The van der Waals surface area contributed by atoms with Crippen LogP contribution in [0.2, 0.25) is 0 Å². The average Bonchev–Trinajstić information content (AvgIpc) is 3.01. The number of nitrogens with one attached hydrogen (secondary N) is 1. The molecule has 0 spiro atoms. The molecule has 1 N–H and O–H groups in total. The molecule has 1 saturated heterocycles. The largest absolute Gasteiger partial charge is 0.491 e. The zero-order chi connectivity index (χ0) is 17.5. The fourth-order valence-electron chi connectivity index (χ4n) is 2.35. The zero-order valence-electron chi connectivity index (χ0n) is 13.3. The highest BCUT2D eigenvalue weighted by Crippen LogP contribution is 2.32. The van der Waals surface area contributed by atoms with Crippen LogP contribution in [0.15, 0.2) is 70.6 Å². The van der Waals surface area contributed by atoms with Gasteiger partial charge in [-0.25, -0.2) is 0 Å². The van der Waals surface area contributed by atoms with Crippen LogP contribution in [0, 0.1) is 11.5 Å². The van der Waals surface area contributed by atoms with E-state index in [2.05, 4.69) is 10.3 Å². The van der Waals surface area contributed by atoms with Crippen LogP contribution >= 0.6 is 11.8 Å². The second-order valence-corrected chi connectivity index (χ2v) is 6.18. The van der Waals surface area contributed by atoms with Crippen LogP contribution in [0.4, 0.5) is 0 Å². The molecule has 2 aromatic carbocycles. The van der Waals surface area contributed by atoms with Crippen molar-refractivity contribution in [2.75, 3.05) is 6.61 Å². The maximum atomic E-state index is 12.2. The first-order valence-electron chi connectivity index (χ1n) is 7.70. The number of nitriles is 1. The van der Waals surface area contributed by atoms with Gasteiger partial charge >= 0.3 is 0 Å². The molecule has 1 aliphatic heterocycles. The molecule has 2 aromatic rings. The van der Waals surface area contributed by atoms with Gasteiger partial charge in [-0.05, 0) is 17.3 Å². The summed E-state index contributed by atoms with van der Waals surface area (Å²) >= 11 is 1.11. The average molecular weight is 349 g/mol. The Hall–Kier alpha value is -3.04. The number of carbonyl (C=O) groups excluding carboxylic acids is 1. The first kappa shape index (κ1) is 16.8. The maximum absolute atomic E-state index is 12.2. The summed E-state index contributed by atoms with van der Waals surface area (Å²) < 4.78 is 5.97. The van der Waals surface area contributed by atoms with Gasteiger partial charge in [0, 0.05) is 12.0 Å². The molecule has 0 saturated carbocycles. The summed E-state index contributed by atoms with van der Waals surface area (Å²) in [6.45, 7) is 0.441. The molecular formula is C19H15N3O2S. The first-order valence-corrected chi connectivity index (χ1v) is 8.52. The Morgan fingerprint density at radius 1 is 1.12 bits per heavy atom. The van der Waals surface area contributed by atoms with E-state index in [1.807, 2.05) is 60.7 Å². The van der Waals surface area contributed by atoms with Crippen molar-refractivity contribution in [3.05, 3.63) is 76.7 Å². The van der Waals surface area contributed by atoms with Gasteiger partial charge in [0.15, 0.2) is 5.17 Å². The Morgan fingerprint density at radius 3 is 2.48 bits per heavy atom. The lowest BCUT2D eigenvalue weighted by Crippen LogP contribution is -2.20. The number of carbonyl (C=O) groups is 1. The topological polar surface area (TPSA) is 74.5 Å². The monoisotopic (exact) mass is 349 g/mol. The highest BCUT2D eigenvalue weighted by atomic mass is 32.2. The number of amidine groups is 1. The van der Waals surface area contributed by atoms with Crippen molar-refractivity contribution >= 4 is 28.6 Å². The van der Waals surface area contributed by atoms with Gasteiger partial charge in [0.2, 0.25) is 6.19 Å². The highest BCUT2D eigenvalue weighted by Gasteiger charge is 2.29. The lowest BCUT2D eigenvalue weighted by molar-refractivity contribution is -0.115. The molecule has 5 nitrogen and oxygen atoms in total. The summed E-state index contributed by atoms with van der Waals surface area (Å²) in [7, 11) is 0. The number of nitrogens with zero attached hydrogens (tertiary/aromatic N) is 2. The van der Waals surface area contributed by atoms with Crippen molar-refractivity contribution in [3.8, 4) is 6.19 Å². The second kappa shape index (κ2) is 8.18. The Kier molecular flexibility index (Phi) is 5.50. The van der Waals surface area contributed by atoms with Gasteiger partial charge in [-0.3, -0.25) is 10.1 Å². The molecule has 124 valence electrons. The first-order chi connectivity index (χ1) is 12.3. The molecule has 0 unspecified atom stereocenters. The van der Waals surface area contributed by atoms with Crippen LogP contribution in [-0.4, -0.2) is 17.7 Å². The van der Waals surface area contributed by atoms with Crippen molar-refractivity contribution in [3.63, 3.8) is 0 Å². The Morgan fingerprint density at radius 2 is 1.80 bits per heavy atom. The Bertz CT molecular complexity index is 855. The Labute approximate surface area is 150 Å². The van der Waals surface area contributed by atoms with Crippen molar-refractivity contribution in [1.82, 2.24) is 5.32 Å². The molecule has 3 rings (SSSR count). The number of ether oxygens (including phenoxy) is 1. The predicted octanol–water partition coefficient (Wildman–Crippen LogP) is 3.31. The molecule has 1 amide bonds. The van der Waals surface area contributed by atoms with E-state index in [0.29, 0.717) is 17.3 Å². The molecular weight excluding hydrogens is 334 g/mol. The highest BCUT2D eigenvalue weighted by molar-refractivity contribution is 8.18. The van der Waals surface area contributed by atoms with E-state index in [4.69, 9.17) is 10.00 Å². The smallest absolute Gasteiger partial charge is 0.267 e. The van der Waals surface area contributed by atoms with Gasteiger partial charge in [-0.1, -0.05) is 60.7 Å². The van der Waals surface area contributed by atoms with Crippen LogP contribution in [-0.2, 0) is 16.0 Å². The number of benzene rings is 2. The number of hydrogen-bond donors (Lipinski definition) is 1. The lowest BCUT2D eigenvalue weighted by Gasteiger charge is -2.12. The molecule has 1 heterocycles. The summed E-state index contributed by atoms with van der Waals surface area (Å²) in [5.41, 5.74) is 1.97. The van der Waals surface area contributed by atoms with E-state index in [1.54, 1.807) is 6.19 Å². The third-order valence-corrected chi connectivity index (χ3v) is 4.46. The van der Waals surface area contributed by atoms with Crippen molar-refractivity contribution in [1.29, 1.82) is 5.26 Å². The summed E-state index contributed by atoms with van der Waals surface area (Å²) in [5, 5.41) is 11.5. The van der Waals surface area contributed by atoms with Gasteiger partial charge in [0.25, 0.3) is 5.91 Å². The van der Waals surface area contributed by atoms with Crippen LogP contribution < -0.4 is 5.32 Å². The van der Waals surface area contributed by atoms with Crippen molar-refractivity contribution in [2.45, 2.75) is 6.42 Å². The lowest BCUT2D eigenvalue weighted by atomic mass is 10.1. The number of rotatable bonds is 5. The van der Waals surface area contributed by atoms with Gasteiger partial charge < -0.3 is 4.74 Å². The van der Waals surface area contributed by atoms with E-state index in [1.165, 1.54) is 0 Å². The van der Waals surface area contributed by atoms with Crippen molar-refractivity contribution in [2.24, 2.45) is 4.99 Å². The molecule has 0 aliphatic carbocycles. The van der Waals surface area contributed by atoms with Gasteiger partial charge in [-0.2, -0.15) is 5.26 Å². The summed E-state index contributed by atoms with van der Waals surface area (Å²) in [5.74, 6) is 0.194. The minimum Gasteiger partial charge on any atom is -0.491 e. The van der Waals surface area contributed by atoms with Crippen LogP contribution in [0.5, 0.6) is 0 Å². The molecule has 25 heavy (non-hydrogen) atoms. The number of hydrogen-bond acceptors (Lipinski definition) is 5. The van der Waals surface area contributed by atoms with Gasteiger partial charge in [0.05, 0.1) is 6.61 Å². The SMILES string of the molecule is N#CN=C1NC(=O)C(=C(OCCc2ccccc2)c2ccccc2)S1.